The molecule has 1 spiro atoms. The van der Waals surface area contributed by atoms with Gasteiger partial charge in [-0.3, -0.25) is 19.3 Å². The first-order valence-corrected chi connectivity index (χ1v) is 18.9. The SMILES string of the molecule is Cc1ncnc(C(=O)N2CCC3(CC2)OC(C)c2c3c(=O)n3nc(-c4cc(F)c(CN5CCOCC5)cc4F)nc3n2CC(=O)Nc2ccc(C(F)(F)F)cc2Cl)c1O. The number of benzene rings is 2. The van der Waals surface area contributed by atoms with Crippen molar-refractivity contribution in [2.24, 2.45) is 0 Å². The smallest absolute Gasteiger partial charge is 0.416 e. The van der Waals surface area contributed by atoms with E-state index in [9.17, 15) is 32.7 Å². The lowest BCUT2D eigenvalue weighted by Crippen LogP contribution is -2.47. The van der Waals surface area contributed by atoms with Crippen molar-refractivity contribution < 1.29 is 46.1 Å². The van der Waals surface area contributed by atoms with Crippen LogP contribution < -0.4 is 10.9 Å². The van der Waals surface area contributed by atoms with Gasteiger partial charge >= 0.3 is 6.18 Å². The van der Waals surface area contributed by atoms with Gasteiger partial charge < -0.3 is 29.4 Å². The zero-order valence-electron chi connectivity index (χ0n) is 31.4. The molecule has 2 aromatic carbocycles. The van der Waals surface area contributed by atoms with E-state index in [2.05, 4.69) is 25.4 Å². The Labute approximate surface area is 336 Å². The van der Waals surface area contributed by atoms with Crippen molar-refractivity contribution in [3.8, 4) is 17.1 Å². The third kappa shape index (κ3) is 7.38. The molecule has 0 saturated carbocycles. The van der Waals surface area contributed by atoms with Gasteiger partial charge in [0.15, 0.2) is 17.3 Å². The van der Waals surface area contributed by atoms with Gasteiger partial charge in [-0.15, -0.1) is 5.10 Å². The lowest BCUT2D eigenvalue weighted by atomic mass is 9.85. The first kappa shape index (κ1) is 40.2. The summed E-state index contributed by atoms with van der Waals surface area (Å²) >= 11 is 6.13. The third-order valence-corrected chi connectivity index (χ3v) is 11.2. The lowest BCUT2D eigenvalue weighted by molar-refractivity contribution is -0.137. The second-order valence-corrected chi connectivity index (χ2v) is 15.0. The number of aromatic nitrogens is 6. The molecule has 5 aromatic rings. The Bertz CT molecular complexity index is 2570. The lowest BCUT2D eigenvalue weighted by Gasteiger charge is -2.39. The van der Waals surface area contributed by atoms with Crippen LogP contribution in [0.3, 0.4) is 0 Å². The Morgan fingerprint density at radius 1 is 1.05 bits per heavy atom. The second-order valence-electron chi connectivity index (χ2n) is 14.6. The summed E-state index contributed by atoms with van der Waals surface area (Å²) in [4.78, 5) is 57.4. The van der Waals surface area contributed by atoms with Crippen LogP contribution in [-0.4, -0.2) is 95.2 Å². The maximum atomic E-state index is 15.8. The average Bonchev–Trinajstić information content (AvgIpc) is 3.76. The average molecular weight is 844 g/mol. The highest BCUT2D eigenvalue weighted by Gasteiger charge is 2.51. The molecule has 1 atom stereocenters. The quantitative estimate of drug-likeness (QED) is 0.212. The van der Waals surface area contributed by atoms with Gasteiger partial charge in [-0.2, -0.15) is 22.7 Å². The number of amides is 2. The number of likely N-dealkylation sites (tertiary alicyclic amines) is 1. The van der Waals surface area contributed by atoms with Crippen LogP contribution in [0.5, 0.6) is 5.75 Å². The maximum absolute atomic E-state index is 15.8. The molecular weight excluding hydrogens is 809 g/mol. The molecule has 6 heterocycles. The molecule has 0 bridgehead atoms. The van der Waals surface area contributed by atoms with E-state index in [1.54, 1.807) is 6.92 Å². The number of nitrogens with zero attached hydrogens (tertiary/aromatic N) is 8. The van der Waals surface area contributed by atoms with Crippen molar-refractivity contribution in [2.45, 2.75) is 57.7 Å². The molecule has 2 N–H and O–H groups in total. The number of hydrogen-bond donors (Lipinski definition) is 2. The van der Waals surface area contributed by atoms with E-state index in [-0.39, 0.29) is 94.3 Å². The number of piperidine rings is 1. The number of halogens is 6. The van der Waals surface area contributed by atoms with Crippen LogP contribution in [0, 0.1) is 18.6 Å². The van der Waals surface area contributed by atoms with Crippen LogP contribution in [-0.2, 0) is 39.1 Å². The molecule has 59 heavy (non-hydrogen) atoms. The van der Waals surface area contributed by atoms with Gasteiger partial charge in [-0.25, -0.2) is 18.7 Å². The fraction of sp³-hybridized carbons (Fsp3) is 0.395. The fourth-order valence-corrected chi connectivity index (χ4v) is 8.09. The van der Waals surface area contributed by atoms with Gasteiger partial charge in [0, 0.05) is 38.3 Å². The zero-order valence-corrected chi connectivity index (χ0v) is 32.2. The van der Waals surface area contributed by atoms with E-state index < -0.39 is 59.0 Å². The van der Waals surface area contributed by atoms with Crippen LogP contribution in [0.2, 0.25) is 5.02 Å². The predicted molar refractivity (Wildman–Crippen MR) is 199 cm³/mol. The molecule has 3 aromatic heterocycles. The summed E-state index contributed by atoms with van der Waals surface area (Å²) in [7, 11) is 0. The van der Waals surface area contributed by atoms with Crippen molar-refractivity contribution in [2.75, 3.05) is 44.7 Å². The summed E-state index contributed by atoms with van der Waals surface area (Å²) in [6, 6.07) is 4.41. The van der Waals surface area contributed by atoms with Crippen molar-refractivity contribution in [3.05, 3.63) is 97.4 Å². The Balaban J connectivity index is 1.18. The van der Waals surface area contributed by atoms with E-state index in [0.717, 1.165) is 35.1 Å². The molecule has 0 aliphatic carbocycles. The van der Waals surface area contributed by atoms with Crippen LogP contribution in [0.4, 0.5) is 27.6 Å². The van der Waals surface area contributed by atoms with Gasteiger partial charge in [0.2, 0.25) is 11.7 Å². The van der Waals surface area contributed by atoms with Crippen molar-refractivity contribution >= 4 is 34.9 Å². The molecule has 2 saturated heterocycles. The summed E-state index contributed by atoms with van der Waals surface area (Å²) in [5.74, 6) is -3.90. The number of carbonyl (C=O) groups excluding carboxylic acids is 2. The van der Waals surface area contributed by atoms with Gasteiger partial charge in [-0.05, 0) is 57.0 Å². The topological polar surface area (TPSA) is 169 Å². The first-order valence-electron chi connectivity index (χ1n) is 18.5. The minimum Gasteiger partial charge on any atom is -0.504 e. The Morgan fingerprint density at radius 3 is 2.47 bits per heavy atom. The van der Waals surface area contributed by atoms with E-state index in [1.165, 1.54) is 16.4 Å². The van der Waals surface area contributed by atoms with Crippen LogP contribution in [0.25, 0.3) is 17.2 Å². The van der Waals surface area contributed by atoms with Crippen molar-refractivity contribution in [1.82, 2.24) is 38.9 Å². The van der Waals surface area contributed by atoms with Crippen molar-refractivity contribution in [3.63, 3.8) is 0 Å². The molecule has 310 valence electrons. The number of alkyl halides is 3. The number of fused-ring (bicyclic) bond motifs is 3. The fourth-order valence-electron chi connectivity index (χ4n) is 7.87. The first-order chi connectivity index (χ1) is 28.0. The molecule has 3 aliphatic rings. The highest BCUT2D eigenvalue weighted by molar-refractivity contribution is 6.33. The number of anilines is 1. The number of rotatable bonds is 7. The van der Waals surface area contributed by atoms with Gasteiger partial charge in [0.05, 0.1) is 58.1 Å². The van der Waals surface area contributed by atoms with Gasteiger partial charge in [0.1, 0.15) is 30.1 Å². The molecule has 0 radical (unpaired) electrons. The molecule has 15 nitrogen and oxygen atoms in total. The minimum atomic E-state index is -4.68. The number of morpholine rings is 1. The number of nitrogens with one attached hydrogen (secondary N) is 1. The highest BCUT2D eigenvalue weighted by Crippen LogP contribution is 2.48. The number of hydrogen-bond acceptors (Lipinski definition) is 11. The normalized spacial score (nSPS) is 18.1. The van der Waals surface area contributed by atoms with E-state index in [0.29, 0.717) is 32.4 Å². The molecule has 1 unspecified atom stereocenters. The standard InChI is InChI=1S/C38H35ClF5N9O6/c1-19-32(55)30(46-18-45-19)35(57)51-7-5-37(6-8-51)29-31(20(2)59-37)52(17-28(54)47-27-4-3-22(14-24(27)39)38(42,43)44)36-48-33(49-53(36)34(29)56)23-15-25(40)21(13-26(23)41)16-50-9-11-58-12-10-50/h3-4,13-15,18,20,55H,5-12,16-17H2,1-2H3,(H,47,54). The maximum Gasteiger partial charge on any atom is 0.416 e. The molecular formula is C38H35ClF5N9O6. The zero-order chi connectivity index (χ0) is 42.0. The molecule has 2 fully saturated rings. The monoisotopic (exact) mass is 843 g/mol. The number of aryl methyl sites for hydroxylation is 1. The van der Waals surface area contributed by atoms with E-state index in [4.69, 9.17) is 21.1 Å². The summed E-state index contributed by atoms with van der Waals surface area (Å²) in [5.41, 5.74) is -3.11. The van der Waals surface area contributed by atoms with Gasteiger partial charge in [0.25, 0.3) is 11.5 Å². The number of carbonyl (C=O) groups is 2. The van der Waals surface area contributed by atoms with Crippen LogP contribution in [0.15, 0.2) is 41.5 Å². The predicted octanol–water partition coefficient (Wildman–Crippen LogP) is 5.01. The summed E-state index contributed by atoms with van der Waals surface area (Å²) in [6.45, 7) is 4.80. The molecule has 3 aliphatic heterocycles. The van der Waals surface area contributed by atoms with E-state index in [1.807, 2.05) is 4.90 Å². The summed E-state index contributed by atoms with van der Waals surface area (Å²) in [6.07, 6.45) is -4.22. The molecule has 8 rings (SSSR count). The molecule has 2 amide bonds. The van der Waals surface area contributed by atoms with E-state index >= 15 is 8.78 Å². The van der Waals surface area contributed by atoms with Crippen LogP contribution in [0.1, 0.15) is 64.4 Å². The Kier molecular flexibility index (Phi) is 10.4. The molecule has 21 heteroatoms. The highest BCUT2D eigenvalue weighted by atomic mass is 35.5. The van der Waals surface area contributed by atoms with Crippen molar-refractivity contribution in [1.29, 1.82) is 0 Å². The van der Waals surface area contributed by atoms with Crippen LogP contribution >= 0.6 is 11.6 Å². The largest absolute Gasteiger partial charge is 0.504 e. The minimum absolute atomic E-state index is 0.0573. The summed E-state index contributed by atoms with van der Waals surface area (Å²) < 4.78 is 85.4. The number of ether oxygens (including phenoxy) is 2. The Morgan fingerprint density at radius 2 is 1.78 bits per heavy atom. The number of aromatic hydroxyl groups is 1. The second kappa shape index (κ2) is 15.2. The summed E-state index contributed by atoms with van der Waals surface area (Å²) in [5, 5.41) is 16.9. The Hall–Kier alpha value is -5.57. The third-order valence-electron chi connectivity index (χ3n) is 10.8. The van der Waals surface area contributed by atoms with Gasteiger partial charge in [-0.1, -0.05) is 11.6 Å².